The van der Waals surface area contributed by atoms with Crippen molar-refractivity contribution in [2.45, 2.75) is 39.7 Å². The van der Waals surface area contributed by atoms with Crippen molar-refractivity contribution in [3.63, 3.8) is 0 Å². The number of anilines is 2. The van der Waals surface area contributed by atoms with Crippen LogP contribution in [0.5, 0.6) is 0 Å². The molecule has 2 aromatic heterocycles. The van der Waals surface area contributed by atoms with E-state index in [4.69, 9.17) is 11.6 Å². The van der Waals surface area contributed by atoms with Gasteiger partial charge in [0.05, 0.1) is 5.69 Å². The highest BCUT2D eigenvalue weighted by Crippen LogP contribution is 2.40. The van der Waals surface area contributed by atoms with Gasteiger partial charge in [0, 0.05) is 23.1 Å². The Morgan fingerprint density at radius 2 is 1.96 bits per heavy atom. The molecule has 2 heterocycles. The minimum atomic E-state index is -1.08. The van der Waals surface area contributed by atoms with Gasteiger partial charge in [-0.1, -0.05) is 13.8 Å². The third-order valence-corrected chi connectivity index (χ3v) is 6.07. The molecule has 6 nitrogen and oxygen atoms in total. The molecule has 1 N–H and O–H groups in total. The minimum Gasteiger partial charge on any atom is -0.347 e. The van der Waals surface area contributed by atoms with E-state index in [2.05, 4.69) is 29.1 Å². The predicted molar refractivity (Wildman–Crippen MR) is 103 cm³/mol. The second-order valence-corrected chi connectivity index (χ2v) is 8.74. The Morgan fingerprint density at radius 1 is 1.32 bits per heavy atom. The molecule has 3 rings (SSSR count). The first-order chi connectivity index (χ1) is 13.1. The number of amides is 2. The van der Waals surface area contributed by atoms with Crippen molar-refractivity contribution in [2.75, 3.05) is 10.8 Å². The van der Waals surface area contributed by atoms with Gasteiger partial charge < -0.3 is 5.32 Å². The van der Waals surface area contributed by atoms with Crippen LogP contribution in [0.3, 0.4) is 0 Å². The number of alkyl halides is 1. The fourth-order valence-electron chi connectivity index (χ4n) is 3.05. The average molecular weight is 429 g/mol. The van der Waals surface area contributed by atoms with Gasteiger partial charge >= 0.3 is 0 Å². The maximum atomic E-state index is 13.5. The molecule has 0 radical (unpaired) electrons. The number of halogens is 3. The van der Waals surface area contributed by atoms with Crippen LogP contribution in [0.2, 0.25) is 0 Å². The van der Waals surface area contributed by atoms with Gasteiger partial charge in [-0.3, -0.25) is 14.5 Å². The van der Waals surface area contributed by atoms with Crippen LogP contribution in [0.1, 0.15) is 42.1 Å². The van der Waals surface area contributed by atoms with Gasteiger partial charge in [0.2, 0.25) is 17.8 Å². The van der Waals surface area contributed by atoms with Crippen molar-refractivity contribution in [1.82, 2.24) is 15.3 Å². The van der Waals surface area contributed by atoms with Gasteiger partial charge in [0.15, 0.2) is 5.13 Å². The van der Waals surface area contributed by atoms with E-state index in [1.165, 1.54) is 0 Å². The molecule has 0 aliphatic heterocycles. The molecule has 1 fully saturated rings. The number of aryl methyl sites for hydroxylation is 1. The predicted octanol–water partition coefficient (Wildman–Crippen LogP) is 3.95. The Bertz CT molecular complexity index is 914. The molecule has 150 valence electrons. The highest BCUT2D eigenvalue weighted by Gasteiger charge is 2.40. The molecule has 1 aliphatic carbocycles. The van der Waals surface area contributed by atoms with E-state index in [9.17, 15) is 18.4 Å². The maximum absolute atomic E-state index is 13.5. The largest absolute Gasteiger partial charge is 0.347 e. The number of nitrogens with one attached hydrogen (secondary N) is 1. The lowest BCUT2D eigenvalue weighted by Crippen LogP contribution is -2.52. The summed E-state index contributed by atoms with van der Waals surface area (Å²) in [5, 5.41) is 3.07. The topological polar surface area (TPSA) is 75.2 Å². The maximum Gasteiger partial charge on any atom is 0.271 e. The van der Waals surface area contributed by atoms with Gasteiger partial charge in [-0.05, 0) is 25.2 Å². The van der Waals surface area contributed by atoms with E-state index in [1.807, 2.05) is 0 Å². The lowest BCUT2D eigenvalue weighted by molar-refractivity contribution is -0.115. The first-order valence-electron chi connectivity index (χ1n) is 8.62. The second-order valence-electron chi connectivity index (χ2n) is 7.29. The van der Waals surface area contributed by atoms with Crippen molar-refractivity contribution in [2.24, 2.45) is 5.41 Å². The van der Waals surface area contributed by atoms with Crippen LogP contribution in [0.15, 0.2) is 12.1 Å². The molecule has 1 unspecified atom stereocenters. The Hall–Kier alpha value is -2.13. The monoisotopic (exact) mass is 428 g/mol. The van der Waals surface area contributed by atoms with E-state index < -0.39 is 23.7 Å². The molecule has 2 aromatic rings. The summed E-state index contributed by atoms with van der Waals surface area (Å²) >= 11 is 6.73. The van der Waals surface area contributed by atoms with Crippen LogP contribution in [-0.4, -0.2) is 33.7 Å². The van der Waals surface area contributed by atoms with E-state index >= 15 is 0 Å². The summed E-state index contributed by atoms with van der Waals surface area (Å²) in [7, 11) is 0. The van der Waals surface area contributed by atoms with Crippen LogP contribution in [0, 0.1) is 24.2 Å². The van der Waals surface area contributed by atoms with Crippen LogP contribution in [0.4, 0.5) is 19.6 Å². The van der Waals surface area contributed by atoms with Gasteiger partial charge in [-0.2, -0.15) is 13.8 Å². The summed E-state index contributed by atoms with van der Waals surface area (Å²) in [6, 6.07) is 1.86. The fourth-order valence-corrected chi connectivity index (χ4v) is 4.12. The SMILES string of the molecule is Cc1sc(N(C(=O)CCl)c2cc(F)nc(F)c2)nc1C(=O)NC1CCC1(C)C. The molecule has 1 aliphatic rings. The lowest BCUT2D eigenvalue weighted by Gasteiger charge is -2.44. The Morgan fingerprint density at radius 3 is 2.46 bits per heavy atom. The van der Waals surface area contributed by atoms with Crippen LogP contribution in [0.25, 0.3) is 0 Å². The number of rotatable bonds is 5. The van der Waals surface area contributed by atoms with Gasteiger partial charge in [-0.25, -0.2) is 4.98 Å². The standard InChI is InChI=1S/C18H19ClF2N4O2S/c1-9-15(16(27)22-11-4-5-18(11,2)3)24-17(28-9)25(14(26)8-19)10-6-12(20)23-13(21)7-10/h6-7,11H,4-5,8H2,1-3H3,(H,22,27). The van der Waals surface area contributed by atoms with Crippen LogP contribution in [-0.2, 0) is 4.79 Å². The smallest absolute Gasteiger partial charge is 0.271 e. The zero-order chi connectivity index (χ0) is 20.6. The summed E-state index contributed by atoms with van der Waals surface area (Å²) in [4.78, 5) is 33.8. The number of carbonyl (C=O) groups excluding carboxylic acids is 2. The van der Waals surface area contributed by atoms with Gasteiger partial charge in [0.25, 0.3) is 5.91 Å². The Labute approximate surface area is 169 Å². The first kappa shape index (κ1) is 20.6. The second kappa shape index (κ2) is 7.71. The highest BCUT2D eigenvalue weighted by molar-refractivity contribution is 7.16. The van der Waals surface area contributed by atoms with E-state index in [1.54, 1.807) is 6.92 Å². The van der Waals surface area contributed by atoms with Crippen molar-refractivity contribution in [3.05, 3.63) is 34.6 Å². The molecule has 28 heavy (non-hydrogen) atoms. The third kappa shape index (κ3) is 4.00. The number of pyridine rings is 1. The molecule has 0 saturated heterocycles. The molecular formula is C18H19ClF2N4O2S. The van der Waals surface area contributed by atoms with Crippen molar-refractivity contribution in [1.29, 1.82) is 0 Å². The number of thiazole rings is 1. The van der Waals surface area contributed by atoms with Gasteiger partial charge in [0.1, 0.15) is 11.6 Å². The van der Waals surface area contributed by atoms with Crippen molar-refractivity contribution in [3.8, 4) is 0 Å². The number of carbonyl (C=O) groups is 2. The van der Waals surface area contributed by atoms with Crippen LogP contribution >= 0.6 is 22.9 Å². The van der Waals surface area contributed by atoms with Gasteiger partial charge in [-0.15, -0.1) is 22.9 Å². The zero-order valence-corrected chi connectivity index (χ0v) is 17.1. The summed E-state index contributed by atoms with van der Waals surface area (Å²) in [5.41, 5.74) is 0.0938. The summed E-state index contributed by atoms with van der Waals surface area (Å²) in [6.07, 6.45) is 1.91. The fraction of sp³-hybridized carbons (Fsp3) is 0.444. The quantitative estimate of drug-likeness (QED) is 0.578. The summed E-state index contributed by atoms with van der Waals surface area (Å²) in [6.45, 7) is 5.85. The first-order valence-corrected chi connectivity index (χ1v) is 9.98. The number of hydrogen-bond donors (Lipinski definition) is 1. The molecule has 0 spiro atoms. The number of aromatic nitrogens is 2. The zero-order valence-electron chi connectivity index (χ0n) is 15.6. The number of hydrogen-bond acceptors (Lipinski definition) is 5. The molecular weight excluding hydrogens is 410 g/mol. The number of nitrogens with zero attached hydrogens (tertiary/aromatic N) is 3. The summed E-state index contributed by atoms with van der Waals surface area (Å²) in [5.74, 6) is -3.57. The normalized spacial score (nSPS) is 17.7. The van der Waals surface area contributed by atoms with Crippen molar-refractivity contribution >= 4 is 45.6 Å². The third-order valence-electron chi connectivity index (χ3n) is 4.89. The molecule has 10 heteroatoms. The molecule has 0 aromatic carbocycles. The lowest BCUT2D eigenvalue weighted by atomic mass is 9.67. The van der Waals surface area contributed by atoms with Crippen LogP contribution < -0.4 is 10.2 Å². The summed E-state index contributed by atoms with van der Waals surface area (Å²) < 4.78 is 27.1. The van der Waals surface area contributed by atoms with E-state index in [0.29, 0.717) is 4.88 Å². The van der Waals surface area contributed by atoms with Crippen molar-refractivity contribution < 1.29 is 18.4 Å². The molecule has 2 amide bonds. The minimum absolute atomic E-state index is 0.0230. The van der Waals surface area contributed by atoms with E-state index in [0.717, 1.165) is 41.2 Å². The highest BCUT2D eigenvalue weighted by atomic mass is 35.5. The Kier molecular flexibility index (Phi) is 5.67. The molecule has 1 atom stereocenters. The van der Waals surface area contributed by atoms with E-state index in [-0.39, 0.29) is 33.9 Å². The molecule has 0 bridgehead atoms. The average Bonchev–Trinajstić information content (AvgIpc) is 2.99. The molecule has 1 saturated carbocycles. The Balaban J connectivity index is 1.93.